The number of halogens is 1. The van der Waals surface area contributed by atoms with E-state index in [0.717, 1.165) is 5.56 Å². The van der Waals surface area contributed by atoms with Crippen LogP contribution in [0.5, 0.6) is 5.75 Å². The van der Waals surface area contributed by atoms with Crippen LogP contribution in [0.25, 0.3) is 10.9 Å². The highest BCUT2D eigenvalue weighted by Gasteiger charge is 2.13. The van der Waals surface area contributed by atoms with Crippen LogP contribution in [0.2, 0.25) is 5.15 Å². The molecule has 88 valence electrons. The molecule has 0 saturated heterocycles. The molecule has 1 aromatic heterocycles. The van der Waals surface area contributed by atoms with Gasteiger partial charge >= 0.3 is 5.97 Å². The Morgan fingerprint density at radius 1 is 1.41 bits per heavy atom. The van der Waals surface area contributed by atoms with Gasteiger partial charge in [-0.25, -0.2) is 9.78 Å². The number of nitrogens with zero attached hydrogens (tertiary/aromatic N) is 1. The third-order valence-corrected chi connectivity index (χ3v) is 2.79. The fraction of sp³-hybridized carbons (Fsp3) is 0.167. The van der Waals surface area contributed by atoms with Crippen LogP contribution >= 0.6 is 11.6 Å². The van der Waals surface area contributed by atoms with Gasteiger partial charge in [-0.2, -0.15) is 0 Å². The molecule has 0 unspecified atom stereocenters. The predicted octanol–water partition coefficient (Wildman–Crippen LogP) is 2.90. The van der Waals surface area contributed by atoms with Gasteiger partial charge in [0.1, 0.15) is 10.9 Å². The van der Waals surface area contributed by atoms with Crippen LogP contribution in [0.1, 0.15) is 15.9 Å². The molecule has 4 nitrogen and oxygen atoms in total. The summed E-state index contributed by atoms with van der Waals surface area (Å²) in [6.07, 6.45) is 0. The van der Waals surface area contributed by atoms with E-state index in [1.165, 1.54) is 6.07 Å². The molecule has 2 aromatic rings. The van der Waals surface area contributed by atoms with E-state index in [1.54, 1.807) is 13.2 Å². The smallest absolute Gasteiger partial charge is 0.338 e. The van der Waals surface area contributed by atoms with Crippen molar-refractivity contribution >= 4 is 28.5 Å². The third-order valence-electron chi connectivity index (χ3n) is 2.50. The SMILES string of the molecule is COc1cc(C)c2nc(Cl)c(C(=O)O)cc2c1. The predicted molar refractivity (Wildman–Crippen MR) is 65.0 cm³/mol. The largest absolute Gasteiger partial charge is 0.497 e. The van der Waals surface area contributed by atoms with Crippen LogP contribution < -0.4 is 4.74 Å². The third kappa shape index (κ3) is 2.03. The first kappa shape index (κ1) is 11.7. The van der Waals surface area contributed by atoms with Crippen molar-refractivity contribution in [3.05, 3.63) is 34.5 Å². The van der Waals surface area contributed by atoms with Gasteiger partial charge in [-0.05, 0) is 30.7 Å². The van der Waals surface area contributed by atoms with Crippen molar-refractivity contribution < 1.29 is 14.6 Å². The van der Waals surface area contributed by atoms with E-state index in [2.05, 4.69) is 4.98 Å². The Balaban J connectivity index is 2.79. The van der Waals surface area contributed by atoms with E-state index in [1.807, 2.05) is 13.0 Å². The molecular formula is C12H10ClNO3. The van der Waals surface area contributed by atoms with Crippen molar-refractivity contribution in [2.75, 3.05) is 7.11 Å². The average Bonchev–Trinajstić information content (AvgIpc) is 2.28. The Labute approximate surface area is 103 Å². The number of hydrogen-bond donors (Lipinski definition) is 1. The van der Waals surface area contributed by atoms with Gasteiger partial charge in [0.25, 0.3) is 0 Å². The van der Waals surface area contributed by atoms with Crippen LogP contribution in [0, 0.1) is 6.92 Å². The number of carboxylic acids is 1. The van der Waals surface area contributed by atoms with Crippen molar-refractivity contribution in [3.8, 4) is 5.75 Å². The lowest BCUT2D eigenvalue weighted by Crippen LogP contribution is -2.00. The van der Waals surface area contributed by atoms with Gasteiger partial charge in [-0.15, -0.1) is 0 Å². The Morgan fingerprint density at radius 3 is 2.71 bits per heavy atom. The Bertz CT molecular complexity index is 610. The van der Waals surface area contributed by atoms with Crippen LogP contribution in [-0.2, 0) is 0 Å². The van der Waals surface area contributed by atoms with Gasteiger partial charge in [0.2, 0.25) is 0 Å². The number of ether oxygens (including phenoxy) is 1. The number of aromatic nitrogens is 1. The first-order valence-corrected chi connectivity index (χ1v) is 5.29. The molecule has 0 atom stereocenters. The molecule has 1 N–H and O–H groups in total. The molecule has 17 heavy (non-hydrogen) atoms. The second-order valence-electron chi connectivity index (χ2n) is 3.65. The summed E-state index contributed by atoms with van der Waals surface area (Å²) in [5, 5.41) is 9.66. The number of pyridine rings is 1. The van der Waals surface area contributed by atoms with Crippen molar-refractivity contribution in [2.24, 2.45) is 0 Å². The minimum absolute atomic E-state index is 0.00160. The number of aromatic carboxylic acids is 1. The first-order valence-electron chi connectivity index (χ1n) is 4.91. The normalized spacial score (nSPS) is 10.5. The molecule has 1 heterocycles. The zero-order valence-corrected chi connectivity index (χ0v) is 10.1. The van der Waals surface area contributed by atoms with E-state index in [0.29, 0.717) is 16.7 Å². The Kier molecular flexibility index (Phi) is 2.90. The topological polar surface area (TPSA) is 59.4 Å². The van der Waals surface area contributed by atoms with Gasteiger partial charge in [0.15, 0.2) is 0 Å². The summed E-state index contributed by atoms with van der Waals surface area (Å²) in [5.74, 6) is -0.430. The summed E-state index contributed by atoms with van der Waals surface area (Å²) >= 11 is 5.82. The lowest BCUT2D eigenvalue weighted by atomic mass is 10.1. The van der Waals surface area contributed by atoms with Gasteiger partial charge < -0.3 is 9.84 Å². The number of rotatable bonds is 2. The number of carbonyl (C=O) groups is 1. The number of benzene rings is 1. The van der Waals surface area contributed by atoms with Crippen LogP contribution in [0.4, 0.5) is 0 Å². The molecule has 0 aliphatic carbocycles. The highest BCUT2D eigenvalue weighted by atomic mass is 35.5. The number of aryl methyl sites for hydroxylation is 1. The van der Waals surface area contributed by atoms with Gasteiger partial charge in [0.05, 0.1) is 18.2 Å². The summed E-state index contributed by atoms with van der Waals surface area (Å²) in [6.45, 7) is 1.87. The molecule has 0 amide bonds. The monoisotopic (exact) mass is 251 g/mol. The maximum Gasteiger partial charge on any atom is 0.338 e. The van der Waals surface area contributed by atoms with E-state index < -0.39 is 5.97 Å². The second-order valence-corrected chi connectivity index (χ2v) is 4.01. The highest BCUT2D eigenvalue weighted by Crippen LogP contribution is 2.27. The summed E-state index contributed by atoms with van der Waals surface area (Å²) < 4.78 is 5.13. The van der Waals surface area contributed by atoms with Crippen LogP contribution in [-0.4, -0.2) is 23.2 Å². The Morgan fingerprint density at radius 2 is 2.12 bits per heavy atom. The van der Waals surface area contributed by atoms with Crippen molar-refractivity contribution in [3.63, 3.8) is 0 Å². The van der Waals surface area contributed by atoms with Crippen molar-refractivity contribution in [2.45, 2.75) is 6.92 Å². The summed E-state index contributed by atoms with van der Waals surface area (Å²) in [7, 11) is 1.56. The number of methoxy groups -OCH3 is 1. The standard InChI is InChI=1S/C12H10ClNO3/c1-6-3-8(17-2)4-7-5-9(12(15)16)11(13)14-10(6)7/h3-5H,1-2H3,(H,15,16). The van der Waals surface area contributed by atoms with Crippen molar-refractivity contribution in [1.29, 1.82) is 0 Å². The van der Waals surface area contributed by atoms with Gasteiger partial charge in [-0.3, -0.25) is 0 Å². The number of carboxylic acid groups (broad SMARTS) is 1. The molecule has 2 rings (SSSR count). The molecule has 0 spiro atoms. The quantitative estimate of drug-likeness (QED) is 0.834. The molecular weight excluding hydrogens is 242 g/mol. The van der Waals surface area contributed by atoms with Crippen LogP contribution in [0.3, 0.4) is 0 Å². The first-order chi connectivity index (χ1) is 8.02. The second kappa shape index (κ2) is 4.22. The van der Waals surface area contributed by atoms with Crippen LogP contribution in [0.15, 0.2) is 18.2 Å². The zero-order chi connectivity index (χ0) is 12.6. The zero-order valence-electron chi connectivity index (χ0n) is 9.32. The number of hydrogen-bond acceptors (Lipinski definition) is 3. The lowest BCUT2D eigenvalue weighted by Gasteiger charge is -2.07. The van der Waals surface area contributed by atoms with E-state index >= 15 is 0 Å². The van der Waals surface area contributed by atoms with E-state index in [9.17, 15) is 4.79 Å². The maximum absolute atomic E-state index is 10.9. The maximum atomic E-state index is 10.9. The summed E-state index contributed by atoms with van der Waals surface area (Å²) in [4.78, 5) is 15.0. The average molecular weight is 252 g/mol. The Hall–Kier alpha value is -1.81. The van der Waals surface area contributed by atoms with E-state index in [4.69, 9.17) is 21.4 Å². The molecule has 5 heteroatoms. The fourth-order valence-electron chi connectivity index (χ4n) is 1.68. The minimum Gasteiger partial charge on any atom is -0.497 e. The molecule has 0 aliphatic heterocycles. The molecule has 0 saturated carbocycles. The van der Waals surface area contributed by atoms with Crippen molar-refractivity contribution in [1.82, 2.24) is 4.98 Å². The molecule has 0 aliphatic rings. The molecule has 0 bridgehead atoms. The lowest BCUT2D eigenvalue weighted by molar-refractivity contribution is 0.0697. The highest BCUT2D eigenvalue weighted by molar-refractivity contribution is 6.32. The van der Waals surface area contributed by atoms with Gasteiger partial charge in [0, 0.05) is 5.39 Å². The summed E-state index contributed by atoms with van der Waals surface area (Å²) in [6, 6.07) is 5.06. The number of fused-ring (bicyclic) bond motifs is 1. The summed E-state index contributed by atoms with van der Waals surface area (Å²) in [5.41, 5.74) is 1.56. The van der Waals surface area contributed by atoms with Gasteiger partial charge in [-0.1, -0.05) is 11.6 Å². The fourth-order valence-corrected chi connectivity index (χ4v) is 1.90. The van der Waals surface area contributed by atoms with E-state index in [-0.39, 0.29) is 10.7 Å². The minimum atomic E-state index is -1.09. The molecule has 1 aromatic carbocycles. The molecule has 0 radical (unpaired) electrons. The molecule has 0 fully saturated rings.